The van der Waals surface area contributed by atoms with Gasteiger partial charge in [-0.2, -0.15) is 5.10 Å². The lowest BCUT2D eigenvalue weighted by Crippen LogP contribution is -2.48. The molecule has 2 aromatic heterocycles. The van der Waals surface area contributed by atoms with E-state index >= 15 is 0 Å². The van der Waals surface area contributed by atoms with Gasteiger partial charge in [-0.15, -0.1) is 0 Å². The molecule has 0 saturated carbocycles. The molecular weight excluding hydrogens is 396 g/mol. The fraction of sp³-hybridized carbons (Fsp3) is 0.636. The highest BCUT2D eigenvalue weighted by Crippen LogP contribution is 2.39. The number of aromatic nitrogens is 4. The van der Waals surface area contributed by atoms with E-state index < -0.39 is 0 Å². The number of nitrogens with zero attached hydrogens (tertiary/aromatic N) is 5. The molecule has 5 heterocycles. The van der Waals surface area contributed by atoms with Crippen molar-refractivity contribution >= 4 is 11.8 Å². The first-order chi connectivity index (χ1) is 15.1. The number of likely N-dealkylation sites (tertiary alicyclic amines) is 1. The first-order valence-corrected chi connectivity index (χ1v) is 11.3. The van der Waals surface area contributed by atoms with Gasteiger partial charge in [-0.3, -0.25) is 14.3 Å². The minimum absolute atomic E-state index is 0.00691. The number of hydrogen-bond acceptors (Lipinski definition) is 5. The monoisotopic (exact) mass is 426 g/mol. The number of carbonyl (C=O) groups is 2. The van der Waals surface area contributed by atoms with Gasteiger partial charge in [0.2, 0.25) is 5.91 Å². The zero-order valence-corrected chi connectivity index (χ0v) is 18.0. The van der Waals surface area contributed by atoms with Crippen LogP contribution in [0.2, 0.25) is 0 Å². The van der Waals surface area contributed by atoms with Crippen molar-refractivity contribution in [2.24, 2.45) is 18.9 Å². The van der Waals surface area contributed by atoms with Crippen LogP contribution in [0.3, 0.4) is 0 Å². The van der Waals surface area contributed by atoms with E-state index in [-0.39, 0.29) is 29.7 Å². The van der Waals surface area contributed by atoms with Crippen molar-refractivity contribution in [3.63, 3.8) is 0 Å². The third kappa shape index (κ3) is 3.86. The van der Waals surface area contributed by atoms with E-state index in [0.717, 1.165) is 56.6 Å². The van der Waals surface area contributed by atoms with Crippen LogP contribution in [0.1, 0.15) is 53.5 Å². The van der Waals surface area contributed by atoms with Gasteiger partial charge >= 0.3 is 0 Å². The van der Waals surface area contributed by atoms with Crippen LogP contribution in [0.25, 0.3) is 0 Å². The number of H-pyrrole nitrogens is 1. The molecule has 0 bridgehead atoms. The molecule has 166 valence electrons. The summed E-state index contributed by atoms with van der Waals surface area (Å²) in [6.07, 6.45) is 9.32. The van der Waals surface area contributed by atoms with E-state index in [1.54, 1.807) is 23.4 Å². The molecule has 5 rings (SSSR count). The van der Waals surface area contributed by atoms with Crippen molar-refractivity contribution in [3.8, 4) is 0 Å². The van der Waals surface area contributed by atoms with E-state index in [1.807, 2.05) is 16.8 Å². The summed E-state index contributed by atoms with van der Waals surface area (Å²) in [6, 6.07) is -0.0666. The topological polar surface area (TPSA) is 96.4 Å². The van der Waals surface area contributed by atoms with E-state index in [0.29, 0.717) is 25.3 Å². The van der Waals surface area contributed by atoms with Crippen molar-refractivity contribution in [2.45, 2.75) is 38.1 Å². The molecule has 2 saturated heterocycles. The molecule has 2 amide bonds. The summed E-state index contributed by atoms with van der Waals surface area (Å²) in [5.74, 6) is 0.657. The van der Waals surface area contributed by atoms with E-state index in [2.05, 4.69) is 15.1 Å². The smallest absolute Gasteiger partial charge is 0.257 e. The van der Waals surface area contributed by atoms with Crippen LogP contribution >= 0.6 is 0 Å². The first kappa shape index (κ1) is 20.2. The molecule has 3 aliphatic rings. The number of imidazole rings is 1. The molecule has 3 aliphatic heterocycles. The summed E-state index contributed by atoms with van der Waals surface area (Å²) in [5.41, 5.74) is 2.72. The molecule has 0 radical (unpaired) electrons. The summed E-state index contributed by atoms with van der Waals surface area (Å²) in [5, 5.41) is 4.17. The lowest BCUT2D eigenvalue weighted by atomic mass is 9.83. The van der Waals surface area contributed by atoms with Gasteiger partial charge in [0.05, 0.1) is 29.8 Å². The highest BCUT2D eigenvalue weighted by Gasteiger charge is 2.41. The molecule has 1 atom stereocenters. The summed E-state index contributed by atoms with van der Waals surface area (Å²) in [4.78, 5) is 38.1. The zero-order valence-electron chi connectivity index (χ0n) is 18.0. The summed E-state index contributed by atoms with van der Waals surface area (Å²) in [7, 11) is 1.82. The number of hydrogen-bond donors (Lipinski definition) is 1. The van der Waals surface area contributed by atoms with Gasteiger partial charge in [0, 0.05) is 64.1 Å². The van der Waals surface area contributed by atoms with Gasteiger partial charge in [0.25, 0.3) is 5.91 Å². The third-order valence-corrected chi connectivity index (χ3v) is 7.05. The van der Waals surface area contributed by atoms with Crippen LogP contribution in [0.4, 0.5) is 0 Å². The maximum Gasteiger partial charge on any atom is 0.257 e. The van der Waals surface area contributed by atoms with Gasteiger partial charge in [0.1, 0.15) is 0 Å². The summed E-state index contributed by atoms with van der Waals surface area (Å²) in [6.45, 7) is 3.51. The molecule has 2 fully saturated rings. The van der Waals surface area contributed by atoms with Crippen LogP contribution in [-0.4, -0.2) is 74.2 Å². The molecule has 0 spiro atoms. The molecule has 0 aromatic carbocycles. The number of carbonyl (C=O) groups excluding carboxylic acids is 2. The molecular formula is C22H30N6O3. The third-order valence-electron chi connectivity index (χ3n) is 7.05. The standard InChI is InChI=1S/C22H30N6O3/c1-26-13-17(12-25-26)22(30)28-9-4-18-19(24-14-23-18)20(28)15-2-7-27(8-3-15)21(29)16-5-10-31-11-6-16/h12-16,20H,2-11H2,1H3,(H,23,24). The number of fused-ring (bicyclic) bond motifs is 1. The number of ether oxygens (including phenoxy) is 1. The second kappa shape index (κ2) is 8.45. The average molecular weight is 427 g/mol. The van der Waals surface area contributed by atoms with Gasteiger partial charge in [-0.25, -0.2) is 4.98 Å². The number of piperidine rings is 1. The molecule has 2 aromatic rings. The molecule has 1 N–H and O–H groups in total. The average Bonchev–Trinajstić information content (AvgIpc) is 3.47. The fourth-order valence-electron chi connectivity index (χ4n) is 5.35. The SMILES string of the molecule is Cn1cc(C(=O)N2CCc3[nH]cnc3C2C2CCN(C(=O)C3CCOCC3)CC2)cn1. The van der Waals surface area contributed by atoms with Crippen molar-refractivity contribution in [2.75, 3.05) is 32.8 Å². The Morgan fingerprint density at radius 2 is 1.90 bits per heavy atom. The van der Waals surface area contributed by atoms with Crippen LogP contribution < -0.4 is 0 Å². The Kier molecular flexibility index (Phi) is 5.52. The second-order valence-electron chi connectivity index (χ2n) is 8.91. The van der Waals surface area contributed by atoms with Gasteiger partial charge in [0.15, 0.2) is 0 Å². The van der Waals surface area contributed by atoms with Crippen molar-refractivity contribution in [3.05, 3.63) is 35.7 Å². The predicted octanol–water partition coefficient (Wildman–Crippen LogP) is 1.55. The van der Waals surface area contributed by atoms with Crippen LogP contribution in [-0.2, 0) is 23.0 Å². The van der Waals surface area contributed by atoms with Gasteiger partial charge in [-0.1, -0.05) is 0 Å². The largest absolute Gasteiger partial charge is 0.381 e. The van der Waals surface area contributed by atoms with Gasteiger partial charge < -0.3 is 19.5 Å². The molecule has 31 heavy (non-hydrogen) atoms. The summed E-state index contributed by atoms with van der Waals surface area (Å²) >= 11 is 0. The normalized spacial score (nSPS) is 23.1. The first-order valence-electron chi connectivity index (χ1n) is 11.3. The highest BCUT2D eigenvalue weighted by molar-refractivity contribution is 5.94. The molecule has 9 nitrogen and oxygen atoms in total. The molecule has 0 aliphatic carbocycles. The second-order valence-corrected chi connectivity index (χ2v) is 8.91. The Labute approximate surface area is 181 Å². The van der Waals surface area contributed by atoms with Crippen molar-refractivity contribution < 1.29 is 14.3 Å². The fourth-order valence-corrected chi connectivity index (χ4v) is 5.35. The Balaban J connectivity index is 1.32. The number of aryl methyl sites for hydroxylation is 1. The molecule has 9 heteroatoms. The Morgan fingerprint density at radius 3 is 2.61 bits per heavy atom. The van der Waals surface area contributed by atoms with Crippen LogP contribution in [0, 0.1) is 11.8 Å². The van der Waals surface area contributed by atoms with Gasteiger partial charge in [-0.05, 0) is 31.6 Å². The number of aromatic amines is 1. The van der Waals surface area contributed by atoms with E-state index in [9.17, 15) is 9.59 Å². The Hall–Kier alpha value is -2.68. The number of amides is 2. The van der Waals surface area contributed by atoms with Crippen LogP contribution in [0.15, 0.2) is 18.7 Å². The van der Waals surface area contributed by atoms with E-state index in [1.165, 1.54) is 0 Å². The zero-order chi connectivity index (χ0) is 21.4. The minimum atomic E-state index is -0.0666. The molecule has 1 unspecified atom stereocenters. The van der Waals surface area contributed by atoms with Crippen LogP contribution in [0.5, 0.6) is 0 Å². The maximum absolute atomic E-state index is 13.3. The minimum Gasteiger partial charge on any atom is -0.381 e. The highest BCUT2D eigenvalue weighted by atomic mass is 16.5. The Bertz CT molecular complexity index is 939. The van der Waals surface area contributed by atoms with E-state index in [4.69, 9.17) is 4.74 Å². The quantitative estimate of drug-likeness (QED) is 0.803. The lowest BCUT2D eigenvalue weighted by molar-refractivity contribution is -0.140. The maximum atomic E-state index is 13.3. The Morgan fingerprint density at radius 1 is 1.13 bits per heavy atom. The number of rotatable bonds is 3. The number of nitrogens with one attached hydrogen (secondary N) is 1. The van der Waals surface area contributed by atoms with Crippen molar-refractivity contribution in [1.82, 2.24) is 29.5 Å². The predicted molar refractivity (Wildman–Crippen MR) is 112 cm³/mol. The lowest BCUT2D eigenvalue weighted by Gasteiger charge is -2.43. The van der Waals surface area contributed by atoms with Crippen molar-refractivity contribution in [1.29, 1.82) is 0 Å². The summed E-state index contributed by atoms with van der Waals surface area (Å²) < 4.78 is 7.07.